The number of anilines is 2. The quantitative estimate of drug-likeness (QED) is 0.890. The molecule has 0 bridgehead atoms. The van der Waals surface area contributed by atoms with Gasteiger partial charge in [0.25, 0.3) is 0 Å². The maximum Gasteiger partial charge on any atom is 0.319 e. The van der Waals surface area contributed by atoms with Crippen LogP contribution in [0.1, 0.15) is 32.1 Å². The second-order valence-electron chi connectivity index (χ2n) is 6.99. The van der Waals surface area contributed by atoms with E-state index in [9.17, 15) is 9.59 Å². The van der Waals surface area contributed by atoms with Crippen molar-refractivity contribution in [2.24, 2.45) is 0 Å². The molecule has 2 heterocycles. The highest BCUT2D eigenvalue weighted by Gasteiger charge is 2.39. The molecule has 1 aromatic carbocycles. The van der Waals surface area contributed by atoms with Gasteiger partial charge in [0.05, 0.1) is 17.4 Å². The first-order valence-corrected chi connectivity index (χ1v) is 8.91. The lowest BCUT2D eigenvalue weighted by molar-refractivity contribution is -0.128. The van der Waals surface area contributed by atoms with E-state index in [1.807, 2.05) is 23.1 Å². The van der Waals surface area contributed by atoms with Gasteiger partial charge >= 0.3 is 6.03 Å². The Morgan fingerprint density at radius 1 is 1.12 bits per heavy atom. The molecule has 6 nitrogen and oxygen atoms in total. The summed E-state index contributed by atoms with van der Waals surface area (Å²) in [6.07, 6.45) is 5.02. The average molecular weight is 328 g/mol. The number of carbonyl (C=O) groups excluding carboxylic acids is 2. The maximum absolute atomic E-state index is 12.4. The van der Waals surface area contributed by atoms with Gasteiger partial charge in [-0.2, -0.15) is 0 Å². The summed E-state index contributed by atoms with van der Waals surface area (Å²) in [5, 5.41) is 5.92. The molecule has 2 aliphatic heterocycles. The van der Waals surface area contributed by atoms with E-state index in [0.29, 0.717) is 19.0 Å². The average Bonchev–Trinajstić information content (AvgIpc) is 3.12. The monoisotopic (exact) mass is 328 g/mol. The largest absolute Gasteiger partial charge is 0.370 e. The summed E-state index contributed by atoms with van der Waals surface area (Å²) in [5.74, 6) is 0.167. The van der Waals surface area contributed by atoms with Gasteiger partial charge in [-0.25, -0.2) is 4.79 Å². The first-order valence-electron chi connectivity index (χ1n) is 8.91. The molecule has 128 valence electrons. The number of hydrogen-bond donors (Lipinski definition) is 2. The van der Waals surface area contributed by atoms with Crippen molar-refractivity contribution in [2.45, 2.75) is 44.2 Å². The first kappa shape index (κ1) is 15.3. The predicted octanol–water partition coefficient (Wildman–Crippen LogP) is 2.17. The van der Waals surface area contributed by atoms with E-state index in [0.717, 1.165) is 37.3 Å². The number of hydrogen-bond acceptors (Lipinski definition) is 3. The third-order valence-electron chi connectivity index (χ3n) is 5.08. The molecule has 6 heteroatoms. The highest BCUT2D eigenvalue weighted by molar-refractivity contribution is 5.94. The van der Waals surface area contributed by atoms with Crippen LogP contribution >= 0.6 is 0 Å². The molecule has 24 heavy (non-hydrogen) atoms. The van der Waals surface area contributed by atoms with Crippen LogP contribution in [0.2, 0.25) is 0 Å². The molecule has 2 N–H and O–H groups in total. The smallest absolute Gasteiger partial charge is 0.319 e. The predicted molar refractivity (Wildman–Crippen MR) is 93.2 cm³/mol. The number of nitrogens with zero attached hydrogens (tertiary/aromatic N) is 2. The molecule has 3 amide bonds. The SMILES string of the molecule is O=C(Nc1ccccc1N1CCCC1)NC1CC(=O)N(C2CC2)C1. The van der Waals surface area contributed by atoms with Crippen LogP contribution in [0, 0.1) is 0 Å². The van der Waals surface area contributed by atoms with E-state index in [2.05, 4.69) is 21.6 Å². The van der Waals surface area contributed by atoms with Gasteiger partial charge in [-0.15, -0.1) is 0 Å². The van der Waals surface area contributed by atoms with Gasteiger partial charge in [-0.05, 0) is 37.8 Å². The number of rotatable bonds is 4. The zero-order valence-electron chi connectivity index (χ0n) is 13.8. The molecule has 3 fully saturated rings. The fourth-order valence-electron chi connectivity index (χ4n) is 3.72. The Balaban J connectivity index is 1.37. The Labute approximate surface area is 142 Å². The van der Waals surface area contributed by atoms with Crippen molar-refractivity contribution in [3.05, 3.63) is 24.3 Å². The van der Waals surface area contributed by atoms with Crippen LogP contribution in [0.25, 0.3) is 0 Å². The third kappa shape index (κ3) is 3.18. The van der Waals surface area contributed by atoms with E-state index in [4.69, 9.17) is 0 Å². The zero-order chi connectivity index (χ0) is 16.5. The number of benzene rings is 1. The Morgan fingerprint density at radius 3 is 2.62 bits per heavy atom. The van der Waals surface area contributed by atoms with E-state index < -0.39 is 0 Å². The van der Waals surface area contributed by atoms with Gasteiger partial charge in [0.2, 0.25) is 5.91 Å². The summed E-state index contributed by atoms with van der Waals surface area (Å²) in [6, 6.07) is 8.03. The highest BCUT2D eigenvalue weighted by atomic mass is 16.2. The van der Waals surface area contributed by atoms with Crippen molar-refractivity contribution in [2.75, 3.05) is 29.9 Å². The normalized spacial score (nSPS) is 23.7. The molecule has 2 saturated heterocycles. The third-order valence-corrected chi connectivity index (χ3v) is 5.08. The van der Waals surface area contributed by atoms with E-state index in [1.54, 1.807) is 0 Å². The minimum Gasteiger partial charge on any atom is -0.370 e. The molecule has 0 aromatic heterocycles. The van der Waals surface area contributed by atoms with Crippen molar-refractivity contribution in [3.8, 4) is 0 Å². The lowest BCUT2D eigenvalue weighted by atomic mass is 10.2. The highest BCUT2D eigenvalue weighted by Crippen LogP contribution is 2.31. The molecule has 3 aliphatic rings. The lowest BCUT2D eigenvalue weighted by Gasteiger charge is -2.22. The van der Waals surface area contributed by atoms with Crippen LogP contribution < -0.4 is 15.5 Å². The summed E-state index contributed by atoms with van der Waals surface area (Å²) >= 11 is 0. The molecular weight excluding hydrogens is 304 g/mol. The standard InChI is InChI=1S/C18H24N4O2/c23-17-11-13(12-22(17)14-7-8-14)19-18(24)20-15-5-1-2-6-16(15)21-9-3-4-10-21/h1-2,5-6,13-14H,3-4,7-12H2,(H2,19,20,24). The summed E-state index contributed by atoms with van der Waals surface area (Å²) in [7, 11) is 0. The molecule has 1 atom stereocenters. The molecule has 0 spiro atoms. The summed E-state index contributed by atoms with van der Waals surface area (Å²) < 4.78 is 0. The molecular formula is C18H24N4O2. The van der Waals surface area contributed by atoms with Crippen molar-refractivity contribution in [3.63, 3.8) is 0 Å². The van der Waals surface area contributed by atoms with Crippen molar-refractivity contribution in [1.82, 2.24) is 10.2 Å². The first-order chi connectivity index (χ1) is 11.7. The zero-order valence-corrected chi connectivity index (χ0v) is 13.8. The minimum atomic E-state index is -0.225. The molecule has 0 radical (unpaired) electrons. The van der Waals surface area contributed by atoms with Gasteiger partial charge in [-0.1, -0.05) is 12.1 Å². The van der Waals surface area contributed by atoms with Crippen molar-refractivity contribution in [1.29, 1.82) is 0 Å². The summed E-state index contributed by atoms with van der Waals surface area (Å²) in [4.78, 5) is 28.6. The van der Waals surface area contributed by atoms with Gasteiger partial charge in [0, 0.05) is 32.1 Å². The Bertz CT molecular complexity index is 638. The van der Waals surface area contributed by atoms with E-state index in [1.165, 1.54) is 12.8 Å². The second kappa shape index (κ2) is 6.34. The fraction of sp³-hybridized carbons (Fsp3) is 0.556. The number of likely N-dealkylation sites (tertiary alicyclic amines) is 1. The number of urea groups is 1. The second-order valence-corrected chi connectivity index (χ2v) is 6.99. The van der Waals surface area contributed by atoms with Gasteiger partial charge < -0.3 is 20.4 Å². The van der Waals surface area contributed by atoms with E-state index in [-0.39, 0.29) is 18.0 Å². The van der Waals surface area contributed by atoms with Crippen LogP contribution in [0.5, 0.6) is 0 Å². The van der Waals surface area contributed by atoms with Crippen LogP contribution in [-0.4, -0.2) is 48.6 Å². The topological polar surface area (TPSA) is 64.7 Å². The minimum absolute atomic E-state index is 0.0861. The Kier molecular flexibility index (Phi) is 4.04. The number of para-hydroxylation sites is 2. The van der Waals surface area contributed by atoms with Crippen molar-refractivity contribution < 1.29 is 9.59 Å². The fourth-order valence-corrected chi connectivity index (χ4v) is 3.72. The van der Waals surface area contributed by atoms with Gasteiger partial charge in [0.15, 0.2) is 0 Å². The van der Waals surface area contributed by atoms with Gasteiger partial charge in [-0.3, -0.25) is 4.79 Å². The van der Waals surface area contributed by atoms with Crippen molar-refractivity contribution >= 4 is 23.3 Å². The lowest BCUT2D eigenvalue weighted by Crippen LogP contribution is -2.40. The van der Waals surface area contributed by atoms with Crippen LogP contribution in [0.4, 0.5) is 16.2 Å². The molecule has 1 aromatic rings. The molecule has 1 aliphatic carbocycles. The number of amides is 3. The van der Waals surface area contributed by atoms with Crippen LogP contribution in [-0.2, 0) is 4.79 Å². The number of carbonyl (C=O) groups is 2. The number of nitrogens with one attached hydrogen (secondary N) is 2. The molecule has 4 rings (SSSR count). The van der Waals surface area contributed by atoms with E-state index >= 15 is 0 Å². The Hall–Kier alpha value is -2.24. The van der Waals surface area contributed by atoms with Crippen LogP contribution in [0.15, 0.2) is 24.3 Å². The Morgan fingerprint density at radius 2 is 1.88 bits per heavy atom. The summed E-state index contributed by atoms with van der Waals surface area (Å²) in [6.45, 7) is 2.71. The van der Waals surface area contributed by atoms with Gasteiger partial charge in [0.1, 0.15) is 0 Å². The van der Waals surface area contributed by atoms with Crippen LogP contribution in [0.3, 0.4) is 0 Å². The molecule has 1 unspecified atom stereocenters. The maximum atomic E-state index is 12.4. The summed E-state index contributed by atoms with van der Waals surface area (Å²) in [5.41, 5.74) is 1.91. The molecule has 1 saturated carbocycles.